The Hall–Kier alpha value is -2.33. The lowest BCUT2D eigenvalue weighted by atomic mass is 9.91. The lowest BCUT2D eigenvalue weighted by molar-refractivity contribution is 0.0981. The Morgan fingerprint density at radius 1 is 1.28 bits per heavy atom. The van der Waals surface area contributed by atoms with E-state index < -0.39 is 15.9 Å². The number of pyridine rings is 2. The number of hydrogen-bond acceptors (Lipinski definition) is 8. The highest BCUT2D eigenvalue weighted by atomic mass is 32.2. The minimum absolute atomic E-state index is 0.0441. The number of carbonyl (C=O) groups excluding carboxylic acids is 1. The van der Waals surface area contributed by atoms with Gasteiger partial charge >= 0.3 is 0 Å². The molecule has 1 aliphatic heterocycles. The molecule has 0 bridgehead atoms. The van der Waals surface area contributed by atoms with Gasteiger partial charge in [0.25, 0.3) is 15.9 Å². The van der Waals surface area contributed by atoms with Crippen molar-refractivity contribution in [2.45, 2.75) is 68.8 Å². The van der Waals surface area contributed by atoms with Crippen molar-refractivity contribution in [3.63, 3.8) is 0 Å². The van der Waals surface area contributed by atoms with Crippen LogP contribution in [0.4, 0.5) is 11.6 Å². The van der Waals surface area contributed by atoms with Crippen LogP contribution in [0.15, 0.2) is 34.2 Å². The van der Waals surface area contributed by atoms with Gasteiger partial charge in [0, 0.05) is 22.4 Å². The molecule has 1 aliphatic rings. The molecule has 1 atom stereocenters. The van der Waals surface area contributed by atoms with Gasteiger partial charge in [-0.25, -0.2) is 14.7 Å². The maximum atomic E-state index is 13.3. The fourth-order valence-electron chi connectivity index (χ4n) is 4.19. The van der Waals surface area contributed by atoms with Gasteiger partial charge in [0.2, 0.25) is 0 Å². The maximum Gasteiger partial charge on any atom is 0.281 e. The molecule has 0 saturated carbocycles. The summed E-state index contributed by atoms with van der Waals surface area (Å²) in [6, 6.07) is 5.82. The molecule has 174 valence electrons. The molecule has 0 aromatic carbocycles. The van der Waals surface area contributed by atoms with E-state index in [1.54, 1.807) is 6.07 Å². The average molecular weight is 478 g/mol. The van der Waals surface area contributed by atoms with Gasteiger partial charge in [0.1, 0.15) is 11.6 Å². The van der Waals surface area contributed by atoms with E-state index in [1.165, 1.54) is 18.2 Å². The van der Waals surface area contributed by atoms with Crippen molar-refractivity contribution in [1.29, 1.82) is 0 Å². The Labute approximate surface area is 195 Å². The first-order valence-corrected chi connectivity index (χ1v) is 12.4. The van der Waals surface area contributed by atoms with Crippen LogP contribution in [-0.4, -0.2) is 36.4 Å². The minimum atomic E-state index is -4.22. The van der Waals surface area contributed by atoms with E-state index in [4.69, 9.17) is 10.7 Å². The number of carbonyl (C=O) groups is 1. The molecule has 1 unspecified atom stereocenters. The van der Waals surface area contributed by atoms with E-state index in [9.17, 15) is 13.2 Å². The molecule has 0 aliphatic carbocycles. The number of sulfonamides is 1. The summed E-state index contributed by atoms with van der Waals surface area (Å²) in [5, 5.41) is -0.326. The van der Waals surface area contributed by atoms with Crippen molar-refractivity contribution in [2.24, 2.45) is 5.92 Å². The quantitative estimate of drug-likeness (QED) is 0.578. The van der Waals surface area contributed by atoms with Crippen LogP contribution < -0.4 is 15.4 Å². The van der Waals surface area contributed by atoms with Crippen LogP contribution in [-0.2, 0) is 15.4 Å². The molecule has 1 saturated heterocycles. The van der Waals surface area contributed by atoms with Crippen molar-refractivity contribution in [3.8, 4) is 0 Å². The third kappa shape index (κ3) is 4.85. The number of nitrogen functional groups attached to an aromatic ring is 1. The topological polar surface area (TPSA) is 118 Å². The van der Waals surface area contributed by atoms with E-state index in [0.29, 0.717) is 23.2 Å². The van der Waals surface area contributed by atoms with Gasteiger partial charge in [-0.05, 0) is 44.4 Å². The number of aromatic nitrogens is 2. The summed E-state index contributed by atoms with van der Waals surface area (Å²) in [6.07, 6.45) is 0.925. The maximum absolute atomic E-state index is 13.3. The van der Waals surface area contributed by atoms with E-state index in [-0.39, 0.29) is 27.4 Å². The summed E-state index contributed by atoms with van der Waals surface area (Å²) < 4.78 is 27.7. The number of hydrogen-bond donors (Lipinski definition) is 3. The monoisotopic (exact) mass is 477 g/mol. The Bertz CT molecular complexity index is 1160. The lowest BCUT2D eigenvalue weighted by Crippen LogP contribution is -2.41. The van der Waals surface area contributed by atoms with E-state index >= 15 is 0 Å². The van der Waals surface area contributed by atoms with Crippen molar-refractivity contribution in [1.82, 2.24) is 14.7 Å². The Morgan fingerprint density at radius 2 is 1.94 bits per heavy atom. The van der Waals surface area contributed by atoms with Crippen molar-refractivity contribution in [3.05, 3.63) is 35.5 Å². The standard InChI is InChI=1S/C22H31N5O3S2/c1-13-11-22(5,6)27(12-13)19-14(10-15(31)18(25-19)21(2,3)4)20(28)26-32(29,30)17-9-7-8-16(23)24-17/h7-10,13,31H,11-12H2,1-6H3,(H2,23,24)(H,26,28). The van der Waals surface area contributed by atoms with Crippen LogP contribution in [0.1, 0.15) is 64.0 Å². The van der Waals surface area contributed by atoms with E-state index in [2.05, 4.69) is 48.0 Å². The summed E-state index contributed by atoms with van der Waals surface area (Å²) in [6.45, 7) is 13.1. The lowest BCUT2D eigenvalue weighted by Gasteiger charge is -2.35. The van der Waals surface area contributed by atoms with Crippen LogP contribution >= 0.6 is 12.6 Å². The predicted octanol–water partition coefficient (Wildman–Crippen LogP) is 3.39. The van der Waals surface area contributed by atoms with Gasteiger partial charge in [-0.3, -0.25) is 4.79 Å². The highest BCUT2D eigenvalue weighted by molar-refractivity contribution is 7.90. The van der Waals surface area contributed by atoms with E-state index in [0.717, 1.165) is 12.1 Å². The number of anilines is 2. The molecule has 2 aromatic heterocycles. The molecule has 2 aromatic rings. The third-order valence-electron chi connectivity index (χ3n) is 5.51. The molecule has 3 rings (SSSR count). The number of nitrogens with two attached hydrogens (primary N) is 1. The van der Waals surface area contributed by atoms with Crippen molar-refractivity contribution < 1.29 is 13.2 Å². The zero-order valence-electron chi connectivity index (χ0n) is 19.3. The average Bonchev–Trinajstić information content (AvgIpc) is 2.92. The molecule has 3 heterocycles. The van der Waals surface area contributed by atoms with Crippen LogP contribution in [0.5, 0.6) is 0 Å². The first kappa shape index (κ1) is 24.3. The van der Waals surface area contributed by atoms with Crippen molar-refractivity contribution in [2.75, 3.05) is 17.2 Å². The molecule has 0 spiro atoms. The number of nitrogens with one attached hydrogen (secondary N) is 1. The Kier molecular flexibility index (Phi) is 6.25. The minimum Gasteiger partial charge on any atom is -0.384 e. The first-order chi connectivity index (χ1) is 14.6. The highest BCUT2D eigenvalue weighted by Gasteiger charge is 2.40. The predicted molar refractivity (Wildman–Crippen MR) is 129 cm³/mol. The number of rotatable bonds is 4. The van der Waals surface area contributed by atoms with Crippen LogP contribution in [0, 0.1) is 5.92 Å². The fourth-order valence-corrected chi connectivity index (χ4v) is 5.64. The summed E-state index contributed by atoms with van der Waals surface area (Å²) in [5.41, 5.74) is 5.94. The molecule has 1 amide bonds. The molecular weight excluding hydrogens is 446 g/mol. The molecule has 8 nitrogen and oxygen atoms in total. The van der Waals surface area contributed by atoms with Gasteiger partial charge in [-0.15, -0.1) is 12.6 Å². The van der Waals surface area contributed by atoms with Crippen LogP contribution in [0.25, 0.3) is 0 Å². The number of thiol groups is 1. The van der Waals surface area contributed by atoms with Crippen molar-refractivity contribution >= 4 is 40.2 Å². The van der Waals surface area contributed by atoms with Crippen LogP contribution in [0.3, 0.4) is 0 Å². The second kappa shape index (κ2) is 8.22. The third-order valence-corrected chi connectivity index (χ3v) is 7.09. The smallest absolute Gasteiger partial charge is 0.281 e. The zero-order valence-corrected chi connectivity index (χ0v) is 21.0. The number of nitrogens with zero attached hydrogens (tertiary/aromatic N) is 3. The van der Waals surface area contributed by atoms with Gasteiger partial charge in [-0.2, -0.15) is 8.42 Å². The molecule has 32 heavy (non-hydrogen) atoms. The summed E-state index contributed by atoms with van der Waals surface area (Å²) in [7, 11) is -4.22. The van der Waals surface area contributed by atoms with Gasteiger partial charge < -0.3 is 10.6 Å². The largest absolute Gasteiger partial charge is 0.384 e. The Morgan fingerprint density at radius 3 is 2.47 bits per heavy atom. The molecule has 1 fully saturated rings. The van der Waals surface area contributed by atoms with Crippen LogP contribution in [0.2, 0.25) is 0 Å². The number of amides is 1. The second-order valence-electron chi connectivity index (χ2n) is 10.0. The fraction of sp³-hybridized carbons (Fsp3) is 0.500. The van der Waals surface area contributed by atoms with E-state index in [1.807, 2.05) is 20.8 Å². The molecular formula is C22H31N5O3S2. The Balaban J connectivity index is 2.11. The summed E-state index contributed by atoms with van der Waals surface area (Å²) in [5.74, 6) is 0.109. The van der Waals surface area contributed by atoms with Gasteiger partial charge in [-0.1, -0.05) is 33.8 Å². The first-order valence-electron chi connectivity index (χ1n) is 10.4. The molecule has 0 radical (unpaired) electrons. The second-order valence-corrected chi connectivity index (χ2v) is 12.2. The normalized spacial score (nSPS) is 18.6. The highest BCUT2D eigenvalue weighted by Crippen LogP contribution is 2.39. The van der Waals surface area contributed by atoms with Gasteiger partial charge in [0.05, 0.1) is 11.3 Å². The molecule has 10 heteroatoms. The molecule has 3 N–H and O–H groups in total. The van der Waals surface area contributed by atoms with Gasteiger partial charge in [0.15, 0.2) is 5.03 Å². The summed E-state index contributed by atoms with van der Waals surface area (Å²) >= 11 is 4.56. The SMILES string of the molecule is CC1CN(c2nc(C(C)(C)C)c(S)cc2C(=O)NS(=O)(=O)c2cccc(N)n2)C(C)(C)C1. The summed E-state index contributed by atoms with van der Waals surface area (Å²) in [4.78, 5) is 24.5. The zero-order chi connectivity index (χ0) is 24.1.